The molecule has 4 rings (SSSR count). The number of amides is 4. The number of carbonyl (C=O) groups is 3. The molecule has 0 radical (unpaired) electrons. The molecule has 2 aliphatic heterocycles. The zero-order chi connectivity index (χ0) is 18.9. The quantitative estimate of drug-likeness (QED) is 0.779. The van der Waals surface area contributed by atoms with E-state index in [1.54, 1.807) is 0 Å². The van der Waals surface area contributed by atoms with Gasteiger partial charge in [0.2, 0.25) is 5.91 Å². The van der Waals surface area contributed by atoms with Gasteiger partial charge in [-0.05, 0) is 30.9 Å². The lowest BCUT2D eigenvalue weighted by atomic mass is 9.82. The summed E-state index contributed by atoms with van der Waals surface area (Å²) in [4.78, 5) is 40.0. The van der Waals surface area contributed by atoms with Crippen LogP contribution >= 0.6 is 11.8 Å². The van der Waals surface area contributed by atoms with Crippen molar-refractivity contribution in [1.82, 2.24) is 15.5 Å². The predicted octanol–water partition coefficient (Wildman–Crippen LogP) is 2.98. The van der Waals surface area contributed by atoms with E-state index in [4.69, 9.17) is 0 Å². The van der Waals surface area contributed by atoms with Crippen LogP contribution < -0.4 is 10.6 Å². The molecule has 1 aliphatic carbocycles. The summed E-state index contributed by atoms with van der Waals surface area (Å²) in [7, 11) is 0. The Morgan fingerprint density at radius 2 is 2.00 bits per heavy atom. The molecule has 7 heteroatoms. The third-order valence-electron chi connectivity index (χ3n) is 5.81. The lowest BCUT2D eigenvalue weighted by Gasteiger charge is -2.30. The van der Waals surface area contributed by atoms with Crippen LogP contribution in [0.1, 0.15) is 56.6 Å². The maximum atomic E-state index is 12.8. The molecule has 6 nitrogen and oxygen atoms in total. The number of carbonyl (C=O) groups excluding carboxylic acids is 3. The lowest BCUT2D eigenvalue weighted by Crippen LogP contribution is -2.48. The molecule has 0 bridgehead atoms. The third kappa shape index (κ3) is 3.57. The second kappa shape index (κ2) is 7.54. The smallest absolute Gasteiger partial charge is 0.325 e. The first kappa shape index (κ1) is 18.3. The second-order valence-corrected chi connectivity index (χ2v) is 8.71. The molecule has 2 heterocycles. The molecule has 1 atom stereocenters. The Bertz CT molecular complexity index is 761. The van der Waals surface area contributed by atoms with Gasteiger partial charge < -0.3 is 10.6 Å². The van der Waals surface area contributed by atoms with Gasteiger partial charge in [-0.3, -0.25) is 14.5 Å². The fraction of sp³-hybridized carbons (Fsp3) is 0.550. The third-order valence-corrected chi connectivity index (χ3v) is 6.93. The average Bonchev–Trinajstić information content (AvgIpc) is 2.90. The second-order valence-electron chi connectivity index (χ2n) is 7.57. The van der Waals surface area contributed by atoms with Gasteiger partial charge in [0.05, 0.1) is 6.04 Å². The summed E-state index contributed by atoms with van der Waals surface area (Å²) in [6, 6.07) is 7.78. The van der Waals surface area contributed by atoms with Crippen LogP contribution in [0.25, 0.3) is 0 Å². The van der Waals surface area contributed by atoms with Crippen molar-refractivity contribution >= 4 is 29.6 Å². The molecule has 1 saturated heterocycles. The molecule has 2 fully saturated rings. The largest absolute Gasteiger partial charge is 0.349 e. The molecule has 27 heavy (non-hydrogen) atoms. The first-order valence-electron chi connectivity index (χ1n) is 9.74. The molecule has 1 aromatic carbocycles. The van der Waals surface area contributed by atoms with Crippen LogP contribution in [0.3, 0.4) is 0 Å². The van der Waals surface area contributed by atoms with Gasteiger partial charge in [-0.25, -0.2) is 4.79 Å². The molecule has 1 saturated carbocycles. The number of imide groups is 1. The number of hydrogen-bond donors (Lipinski definition) is 2. The monoisotopic (exact) mass is 387 g/mol. The summed E-state index contributed by atoms with van der Waals surface area (Å²) in [6.45, 7) is 0.140. The molecule has 4 amide bonds. The van der Waals surface area contributed by atoms with E-state index in [0.29, 0.717) is 12.8 Å². The summed E-state index contributed by atoms with van der Waals surface area (Å²) in [5.41, 5.74) is 0.434. The van der Waals surface area contributed by atoms with Gasteiger partial charge in [0, 0.05) is 23.6 Å². The summed E-state index contributed by atoms with van der Waals surface area (Å²) in [5.74, 6) is 0.698. The highest BCUT2D eigenvalue weighted by atomic mass is 32.2. The first-order valence-corrected chi connectivity index (χ1v) is 10.7. The molecule has 1 spiro atoms. The van der Waals surface area contributed by atoms with Gasteiger partial charge in [0.1, 0.15) is 5.54 Å². The maximum absolute atomic E-state index is 12.8. The van der Waals surface area contributed by atoms with E-state index in [1.165, 1.54) is 9.80 Å². The number of rotatable bonds is 4. The highest BCUT2D eigenvalue weighted by molar-refractivity contribution is 7.99. The number of fused-ring (bicyclic) bond motifs is 1. The number of nitrogens with one attached hydrogen (secondary N) is 2. The highest BCUT2D eigenvalue weighted by Crippen LogP contribution is 2.36. The zero-order valence-electron chi connectivity index (χ0n) is 15.3. The minimum Gasteiger partial charge on any atom is -0.349 e. The summed E-state index contributed by atoms with van der Waals surface area (Å²) in [5, 5.41) is 5.97. The van der Waals surface area contributed by atoms with Crippen LogP contribution in [0.15, 0.2) is 29.2 Å². The van der Waals surface area contributed by atoms with Crippen LogP contribution in [-0.4, -0.2) is 40.6 Å². The molecule has 3 aliphatic rings. The first-order chi connectivity index (χ1) is 13.1. The molecule has 2 N–H and O–H groups in total. The van der Waals surface area contributed by atoms with Gasteiger partial charge >= 0.3 is 6.03 Å². The number of thioether (sulfide) groups is 1. The Morgan fingerprint density at radius 3 is 2.81 bits per heavy atom. The predicted molar refractivity (Wildman–Crippen MR) is 103 cm³/mol. The van der Waals surface area contributed by atoms with Crippen molar-refractivity contribution in [2.75, 3.05) is 12.3 Å². The SMILES string of the molecule is O=C(CCN1C(=O)NC2(CCCCC2)C1=O)N[C@H]1CCSc2ccccc21. The number of nitrogens with zero attached hydrogens (tertiary/aromatic N) is 1. The lowest BCUT2D eigenvalue weighted by molar-refractivity contribution is -0.132. The molecule has 144 valence electrons. The van der Waals surface area contributed by atoms with Crippen molar-refractivity contribution in [2.24, 2.45) is 0 Å². The summed E-state index contributed by atoms with van der Waals surface area (Å²) in [6.07, 6.45) is 5.46. The van der Waals surface area contributed by atoms with Crippen molar-refractivity contribution in [1.29, 1.82) is 0 Å². The van der Waals surface area contributed by atoms with Crippen LogP contribution in [-0.2, 0) is 9.59 Å². The zero-order valence-corrected chi connectivity index (χ0v) is 16.1. The topological polar surface area (TPSA) is 78.5 Å². The minimum absolute atomic E-state index is 0.00254. The Morgan fingerprint density at radius 1 is 1.22 bits per heavy atom. The number of urea groups is 1. The molecule has 0 aromatic heterocycles. The van der Waals surface area contributed by atoms with E-state index in [1.807, 2.05) is 23.9 Å². The van der Waals surface area contributed by atoms with Crippen LogP contribution in [0, 0.1) is 0 Å². The Kier molecular flexibility index (Phi) is 5.12. The average molecular weight is 388 g/mol. The normalized spacial score (nSPS) is 23.9. The van der Waals surface area contributed by atoms with E-state index in [9.17, 15) is 14.4 Å². The van der Waals surface area contributed by atoms with Crippen molar-refractivity contribution in [2.45, 2.75) is 61.4 Å². The highest BCUT2D eigenvalue weighted by Gasteiger charge is 2.51. The molecular weight excluding hydrogens is 362 g/mol. The van der Waals surface area contributed by atoms with Crippen LogP contribution in [0.2, 0.25) is 0 Å². The van der Waals surface area contributed by atoms with E-state index in [-0.39, 0.29) is 36.9 Å². The number of hydrogen-bond acceptors (Lipinski definition) is 4. The molecule has 1 aromatic rings. The van der Waals surface area contributed by atoms with Gasteiger partial charge in [-0.1, -0.05) is 37.5 Å². The number of benzene rings is 1. The van der Waals surface area contributed by atoms with E-state index >= 15 is 0 Å². The fourth-order valence-corrected chi connectivity index (χ4v) is 5.47. The van der Waals surface area contributed by atoms with E-state index in [2.05, 4.69) is 22.8 Å². The summed E-state index contributed by atoms with van der Waals surface area (Å²) < 4.78 is 0. The van der Waals surface area contributed by atoms with Crippen LogP contribution in [0.5, 0.6) is 0 Å². The minimum atomic E-state index is -0.717. The van der Waals surface area contributed by atoms with E-state index < -0.39 is 5.54 Å². The van der Waals surface area contributed by atoms with Crippen molar-refractivity contribution < 1.29 is 14.4 Å². The summed E-state index contributed by atoms with van der Waals surface area (Å²) >= 11 is 1.81. The fourth-order valence-electron chi connectivity index (χ4n) is 4.35. The molecular formula is C20H25N3O3S. The maximum Gasteiger partial charge on any atom is 0.325 e. The van der Waals surface area contributed by atoms with Gasteiger partial charge in [0.15, 0.2) is 0 Å². The Balaban J connectivity index is 1.35. The van der Waals surface area contributed by atoms with Crippen molar-refractivity contribution in [3.63, 3.8) is 0 Å². The van der Waals surface area contributed by atoms with Crippen molar-refractivity contribution in [3.8, 4) is 0 Å². The van der Waals surface area contributed by atoms with Crippen LogP contribution in [0.4, 0.5) is 4.79 Å². The van der Waals surface area contributed by atoms with Gasteiger partial charge in [-0.15, -0.1) is 11.8 Å². The van der Waals surface area contributed by atoms with Gasteiger partial charge in [0.25, 0.3) is 5.91 Å². The van der Waals surface area contributed by atoms with E-state index in [0.717, 1.165) is 37.0 Å². The Labute approximate surface area is 163 Å². The van der Waals surface area contributed by atoms with Gasteiger partial charge in [-0.2, -0.15) is 0 Å². The van der Waals surface area contributed by atoms with Crippen molar-refractivity contribution in [3.05, 3.63) is 29.8 Å². The standard InChI is InChI=1S/C20H25N3O3S/c24-17(21-15-9-13-27-16-7-3-2-6-14(15)16)8-12-23-18(25)20(22-19(23)26)10-4-1-5-11-20/h2-3,6-7,15H,1,4-5,8-13H2,(H,21,24)(H,22,26)/t15-/m0/s1. The molecule has 0 unspecified atom stereocenters. The Hall–Kier alpha value is -2.02.